The van der Waals surface area contributed by atoms with Crippen molar-refractivity contribution in [2.45, 2.75) is 39.7 Å². The van der Waals surface area contributed by atoms with Crippen LogP contribution in [-0.4, -0.2) is 73.9 Å². The van der Waals surface area contributed by atoms with E-state index in [1.54, 1.807) is 35.0 Å². The number of carbonyl (C=O) groups excluding carboxylic acids is 1. The van der Waals surface area contributed by atoms with Gasteiger partial charge in [-0.2, -0.15) is 0 Å². The van der Waals surface area contributed by atoms with Gasteiger partial charge in [0.25, 0.3) is 5.56 Å². The topological polar surface area (TPSA) is 106 Å². The lowest BCUT2D eigenvalue weighted by molar-refractivity contribution is -0.134. The fourth-order valence-electron chi connectivity index (χ4n) is 5.27. The molecule has 210 valence electrons. The van der Waals surface area contributed by atoms with E-state index < -0.39 is 13.0 Å². The Labute approximate surface area is 231 Å². The van der Waals surface area contributed by atoms with E-state index in [1.165, 1.54) is 6.92 Å². The van der Waals surface area contributed by atoms with Gasteiger partial charge < -0.3 is 19.6 Å². The minimum Gasteiger partial charge on any atom is -0.460 e. The molecule has 1 N–H and O–H groups in total. The number of fused-ring (bicyclic) bond motifs is 1. The van der Waals surface area contributed by atoms with Crippen molar-refractivity contribution < 1.29 is 19.0 Å². The van der Waals surface area contributed by atoms with E-state index in [4.69, 9.17) is 9.72 Å². The summed E-state index contributed by atoms with van der Waals surface area (Å²) in [4.78, 5) is 38.1. The number of carbonyl (C=O) groups is 1. The van der Waals surface area contributed by atoms with Crippen LogP contribution in [0, 0.1) is 6.92 Å². The Morgan fingerprint density at radius 1 is 1.23 bits per heavy atom. The molecular weight excluding hydrogens is 515 g/mol. The lowest BCUT2D eigenvalue weighted by atomic mass is 10.0. The molecule has 2 aromatic carbocycles. The number of hydrogen-bond donors (Lipinski definition) is 1. The van der Waals surface area contributed by atoms with Gasteiger partial charge >= 0.3 is 0 Å². The first-order valence-electron chi connectivity index (χ1n) is 13.3. The minimum absolute atomic E-state index is 0.00292. The highest BCUT2D eigenvalue weighted by atomic mass is 19.1. The molecular formula is C29H33FN6O4. The highest BCUT2D eigenvalue weighted by molar-refractivity contribution is 5.85. The lowest BCUT2D eigenvalue weighted by Crippen LogP contribution is -2.54. The van der Waals surface area contributed by atoms with Crippen LogP contribution in [-0.2, 0) is 18.4 Å². The quantitative estimate of drug-likeness (QED) is 0.379. The zero-order valence-electron chi connectivity index (χ0n) is 23.0. The number of aliphatic hydroxyl groups excluding tert-OH is 1. The fraction of sp³-hybridized carbons (Fsp3) is 0.379. The predicted molar refractivity (Wildman–Crippen MR) is 150 cm³/mol. The Morgan fingerprint density at radius 3 is 2.70 bits per heavy atom. The molecule has 0 radical (unpaired) electrons. The predicted octanol–water partition coefficient (Wildman–Crippen LogP) is 2.88. The highest BCUT2D eigenvalue weighted by Crippen LogP contribution is 2.28. The van der Waals surface area contributed by atoms with Crippen molar-refractivity contribution in [1.29, 1.82) is 0 Å². The average Bonchev–Trinajstić information content (AvgIpc) is 3.17. The molecule has 1 unspecified atom stereocenters. The van der Waals surface area contributed by atoms with Crippen molar-refractivity contribution in [2.75, 3.05) is 31.1 Å². The van der Waals surface area contributed by atoms with Crippen molar-refractivity contribution in [2.24, 2.45) is 7.05 Å². The van der Waals surface area contributed by atoms with E-state index in [-0.39, 0.29) is 17.5 Å². The standard InChI is InChI=1S/C29H33FN6O4/c1-18-15-34(27(38)17-37)11-12-35(18)29-31-14-24(19(2)32-29)21-9-10-23-25(13-21)36(33(4)28(23)39)16-22-7-5-6-8-26(22)40-20(3)30/h5-10,13-14,18,20,37H,11-12,15-17H2,1-4H3/t18-,20?/m1/s1. The van der Waals surface area contributed by atoms with E-state index in [0.717, 1.165) is 27.9 Å². The second-order valence-electron chi connectivity index (χ2n) is 10.1. The summed E-state index contributed by atoms with van der Waals surface area (Å²) in [5.74, 6) is 0.738. The van der Waals surface area contributed by atoms with Crippen molar-refractivity contribution in [3.05, 3.63) is 70.3 Å². The molecule has 40 heavy (non-hydrogen) atoms. The number of aliphatic hydroxyl groups is 1. The molecule has 1 fully saturated rings. The minimum atomic E-state index is -1.46. The van der Waals surface area contributed by atoms with Crippen LogP contribution in [0.4, 0.5) is 10.3 Å². The molecule has 3 heterocycles. The fourth-order valence-corrected chi connectivity index (χ4v) is 5.27. The maximum Gasteiger partial charge on any atom is 0.274 e. The Bertz CT molecular complexity index is 1610. The number of para-hydroxylation sites is 1. The SMILES string of the molecule is Cc1nc(N2CCN(C(=O)CO)C[C@H]2C)ncc1-c1ccc2c(=O)n(C)n(Cc3ccccc3OC(C)F)c2c1. The number of hydrogen-bond acceptors (Lipinski definition) is 7. The van der Waals surface area contributed by atoms with Crippen LogP contribution in [0.5, 0.6) is 5.75 Å². The smallest absolute Gasteiger partial charge is 0.274 e. The van der Waals surface area contributed by atoms with Gasteiger partial charge in [0, 0.05) is 57.0 Å². The molecule has 1 aliphatic rings. The van der Waals surface area contributed by atoms with Crippen LogP contribution in [0.25, 0.3) is 22.0 Å². The molecule has 5 rings (SSSR count). The first-order chi connectivity index (χ1) is 19.2. The maximum absolute atomic E-state index is 13.6. The average molecular weight is 549 g/mol. The van der Waals surface area contributed by atoms with Crippen molar-refractivity contribution >= 4 is 22.8 Å². The lowest BCUT2D eigenvalue weighted by Gasteiger charge is -2.39. The van der Waals surface area contributed by atoms with Gasteiger partial charge in [0.1, 0.15) is 12.4 Å². The Morgan fingerprint density at radius 2 is 2.00 bits per heavy atom. The van der Waals surface area contributed by atoms with Crippen LogP contribution in [0.2, 0.25) is 0 Å². The number of rotatable bonds is 7. The number of piperazine rings is 1. The number of halogens is 1. The van der Waals surface area contributed by atoms with Gasteiger partial charge in [0.2, 0.25) is 18.2 Å². The van der Waals surface area contributed by atoms with Crippen LogP contribution >= 0.6 is 0 Å². The van der Waals surface area contributed by atoms with Crippen LogP contribution in [0.1, 0.15) is 25.1 Å². The molecule has 0 saturated carbocycles. The molecule has 2 aromatic heterocycles. The van der Waals surface area contributed by atoms with Gasteiger partial charge in [-0.05, 0) is 37.6 Å². The summed E-state index contributed by atoms with van der Waals surface area (Å²) in [7, 11) is 1.71. The molecule has 1 amide bonds. The number of amides is 1. The second-order valence-corrected chi connectivity index (χ2v) is 10.1. The number of nitrogens with zero attached hydrogens (tertiary/aromatic N) is 6. The van der Waals surface area contributed by atoms with E-state index in [1.807, 2.05) is 48.9 Å². The van der Waals surface area contributed by atoms with Gasteiger partial charge in [-0.25, -0.2) is 14.4 Å². The van der Waals surface area contributed by atoms with Gasteiger partial charge in [0.15, 0.2) is 0 Å². The molecule has 10 nitrogen and oxygen atoms in total. The van der Waals surface area contributed by atoms with Crippen molar-refractivity contribution in [3.8, 4) is 16.9 Å². The summed E-state index contributed by atoms with van der Waals surface area (Å²) >= 11 is 0. The Balaban J connectivity index is 1.46. The molecule has 1 aliphatic heterocycles. The maximum atomic E-state index is 13.6. The van der Waals surface area contributed by atoms with Crippen LogP contribution in [0.3, 0.4) is 0 Å². The summed E-state index contributed by atoms with van der Waals surface area (Å²) in [5.41, 5.74) is 3.84. The molecule has 2 atom stereocenters. The van der Waals surface area contributed by atoms with Gasteiger partial charge in [-0.1, -0.05) is 24.3 Å². The Hall–Kier alpha value is -4.25. The Kier molecular flexibility index (Phi) is 7.57. The zero-order valence-corrected chi connectivity index (χ0v) is 23.0. The van der Waals surface area contributed by atoms with Crippen molar-refractivity contribution in [3.63, 3.8) is 0 Å². The van der Waals surface area contributed by atoms with E-state index >= 15 is 0 Å². The van der Waals surface area contributed by atoms with Crippen LogP contribution < -0.4 is 15.2 Å². The largest absolute Gasteiger partial charge is 0.460 e. The van der Waals surface area contributed by atoms with E-state index in [2.05, 4.69) is 9.88 Å². The molecule has 0 bridgehead atoms. The van der Waals surface area contributed by atoms with E-state index in [0.29, 0.717) is 43.3 Å². The second kappa shape index (κ2) is 11.1. The van der Waals surface area contributed by atoms with Gasteiger partial charge in [-0.15, -0.1) is 0 Å². The molecule has 0 spiro atoms. The number of aromatic nitrogens is 4. The number of benzene rings is 2. The number of anilines is 1. The summed E-state index contributed by atoms with van der Waals surface area (Å²) in [6, 6.07) is 12.9. The zero-order chi connectivity index (χ0) is 28.6. The van der Waals surface area contributed by atoms with Gasteiger partial charge in [0.05, 0.1) is 23.1 Å². The first-order valence-corrected chi connectivity index (χ1v) is 13.3. The molecule has 1 saturated heterocycles. The first kappa shape index (κ1) is 27.3. The summed E-state index contributed by atoms with van der Waals surface area (Å²) in [6.07, 6.45) is 0.326. The third kappa shape index (κ3) is 5.16. The summed E-state index contributed by atoms with van der Waals surface area (Å²) in [5, 5.41) is 9.75. The van der Waals surface area contributed by atoms with Gasteiger partial charge in [-0.3, -0.25) is 19.0 Å². The number of alkyl halides is 1. The third-order valence-electron chi connectivity index (χ3n) is 7.39. The monoisotopic (exact) mass is 548 g/mol. The summed E-state index contributed by atoms with van der Waals surface area (Å²) in [6.45, 7) is 6.64. The molecule has 4 aromatic rings. The van der Waals surface area contributed by atoms with E-state index in [9.17, 15) is 19.1 Å². The highest BCUT2D eigenvalue weighted by Gasteiger charge is 2.28. The van der Waals surface area contributed by atoms with Crippen LogP contribution in [0.15, 0.2) is 53.5 Å². The molecule has 0 aliphatic carbocycles. The number of ether oxygens (including phenoxy) is 1. The number of aryl methyl sites for hydroxylation is 1. The third-order valence-corrected chi connectivity index (χ3v) is 7.39. The molecule has 11 heteroatoms. The normalized spacial score (nSPS) is 16.4. The summed E-state index contributed by atoms with van der Waals surface area (Å²) < 4.78 is 22.4. The van der Waals surface area contributed by atoms with Crippen molar-refractivity contribution in [1.82, 2.24) is 24.2 Å².